The van der Waals surface area contributed by atoms with Gasteiger partial charge in [0.25, 0.3) is 5.91 Å². The van der Waals surface area contributed by atoms with Gasteiger partial charge in [-0.3, -0.25) is 4.79 Å². The van der Waals surface area contributed by atoms with Gasteiger partial charge in [0.15, 0.2) is 0 Å². The fraction of sp³-hybridized carbons (Fsp3) is 0.529. The van der Waals surface area contributed by atoms with Crippen LogP contribution in [-0.2, 0) is 20.7 Å². The van der Waals surface area contributed by atoms with Gasteiger partial charge >= 0.3 is 5.97 Å². The summed E-state index contributed by atoms with van der Waals surface area (Å²) >= 11 is 0. The first-order valence-electron chi connectivity index (χ1n) is 7.71. The van der Waals surface area contributed by atoms with E-state index in [1.54, 1.807) is 0 Å². The summed E-state index contributed by atoms with van der Waals surface area (Å²) in [7, 11) is 1.26. The summed E-state index contributed by atoms with van der Waals surface area (Å²) in [6.45, 7) is 3.86. The monoisotopic (exact) mass is 322 g/mol. The number of benzene rings is 1. The fourth-order valence-corrected chi connectivity index (χ4v) is 2.28. The molecular weight excluding hydrogens is 296 g/mol. The Bertz CT molecular complexity index is 505. The number of ether oxygens (including phenoxy) is 1. The molecule has 0 fully saturated rings. The molecule has 1 aromatic carbocycles. The van der Waals surface area contributed by atoms with Gasteiger partial charge < -0.3 is 20.9 Å². The van der Waals surface area contributed by atoms with Gasteiger partial charge in [0.05, 0.1) is 7.11 Å². The normalized spacial score (nSPS) is 14.9. The molecule has 0 bridgehead atoms. The summed E-state index contributed by atoms with van der Waals surface area (Å²) in [5, 5.41) is 12.6. The molecule has 3 atom stereocenters. The second kappa shape index (κ2) is 9.27. The molecule has 128 valence electrons. The van der Waals surface area contributed by atoms with E-state index >= 15 is 0 Å². The molecule has 0 heterocycles. The summed E-state index contributed by atoms with van der Waals surface area (Å²) in [6, 6.07) is 7.82. The van der Waals surface area contributed by atoms with E-state index in [0.29, 0.717) is 12.8 Å². The molecule has 0 saturated carbocycles. The van der Waals surface area contributed by atoms with Gasteiger partial charge in [-0.1, -0.05) is 44.2 Å². The molecule has 0 aliphatic rings. The fourth-order valence-electron chi connectivity index (χ4n) is 2.28. The van der Waals surface area contributed by atoms with Crippen molar-refractivity contribution >= 4 is 11.9 Å². The molecule has 0 radical (unpaired) electrons. The summed E-state index contributed by atoms with van der Waals surface area (Å²) < 4.78 is 4.68. The molecule has 6 nitrogen and oxygen atoms in total. The van der Waals surface area contributed by atoms with Gasteiger partial charge in [-0.2, -0.15) is 0 Å². The minimum absolute atomic E-state index is 0.189. The summed E-state index contributed by atoms with van der Waals surface area (Å²) in [6.07, 6.45) is -0.601. The molecule has 0 saturated heterocycles. The minimum Gasteiger partial charge on any atom is -0.467 e. The average molecular weight is 322 g/mol. The Kier molecular flexibility index (Phi) is 7.71. The zero-order valence-electron chi connectivity index (χ0n) is 13.9. The Balaban J connectivity index is 2.64. The molecule has 1 aromatic rings. The first-order chi connectivity index (χ1) is 10.8. The molecule has 4 N–H and O–H groups in total. The van der Waals surface area contributed by atoms with Crippen molar-refractivity contribution in [3.05, 3.63) is 35.9 Å². The number of hydrogen-bond donors (Lipinski definition) is 3. The van der Waals surface area contributed by atoms with Crippen molar-refractivity contribution in [3.63, 3.8) is 0 Å². The lowest BCUT2D eigenvalue weighted by Gasteiger charge is -2.23. The predicted octanol–water partition coefficient (Wildman–Crippen LogP) is 0.621. The molecule has 0 aliphatic heterocycles. The molecule has 1 amide bonds. The highest BCUT2D eigenvalue weighted by atomic mass is 16.5. The third kappa shape index (κ3) is 6.38. The predicted molar refractivity (Wildman–Crippen MR) is 87.5 cm³/mol. The lowest BCUT2D eigenvalue weighted by Crippen LogP contribution is -2.52. The summed E-state index contributed by atoms with van der Waals surface area (Å²) in [5.41, 5.74) is 6.84. The summed E-state index contributed by atoms with van der Waals surface area (Å²) in [5.74, 6) is -1.00. The van der Waals surface area contributed by atoms with Crippen molar-refractivity contribution in [2.45, 2.75) is 44.9 Å². The van der Waals surface area contributed by atoms with Crippen LogP contribution in [-0.4, -0.2) is 42.3 Å². The zero-order valence-corrected chi connectivity index (χ0v) is 13.9. The van der Waals surface area contributed by atoms with Crippen LogP contribution in [0.4, 0.5) is 0 Å². The van der Waals surface area contributed by atoms with Crippen molar-refractivity contribution < 1.29 is 19.4 Å². The van der Waals surface area contributed by atoms with Gasteiger partial charge in [0.2, 0.25) is 0 Å². The topological polar surface area (TPSA) is 102 Å². The largest absolute Gasteiger partial charge is 0.467 e. The van der Waals surface area contributed by atoms with E-state index < -0.39 is 30.1 Å². The molecule has 0 aromatic heterocycles. The number of aliphatic hydroxyl groups excluding tert-OH is 1. The average Bonchev–Trinajstić information content (AvgIpc) is 2.53. The second-order valence-corrected chi connectivity index (χ2v) is 6.01. The Morgan fingerprint density at radius 1 is 1.26 bits per heavy atom. The van der Waals surface area contributed by atoms with Gasteiger partial charge in [0.1, 0.15) is 12.1 Å². The standard InChI is InChI=1S/C17H26N2O4/c1-11(2)9-14(17(22)23-3)19-16(21)15(20)13(18)10-12-7-5-4-6-8-12/h4-8,11,13-15,20H,9-10,18H2,1-3H3,(H,19,21)/t13?,14-,15?/m0/s1. The van der Waals surface area contributed by atoms with Crippen LogP contribution in [0.25, 0.3) is 0 Å². The third-order valence-electron chi connectivity index (χ3n) is 3.50. The Morgan fingerprint density at radius 2 is 1.87 bits per heavy atom. The highest BCUT2D eigenvalue weighted by molar-refractivity contribution is 5.87. The summed E-state index contributed by atoms with van der Waals surface area (Å²) in [4.78, 5) is 23.9. The van der Waals surface area contributed by atoms with E-state index in [1.807, 2.05) is 44.2 Å². The number of carbonyl (C=O) groups excluding carboxylic acids is 2. The van der Waals surface area contributed by atoms with E-state index in [4.69, 9.17) is 5.73 Å². The molecule has 6 heteroatoms. The van der Waals surface area contributed by atoms with Crippen LogP contribution in [0.3, 0.4) is 0 Å². The van der Waals surface area contributed by atoms with Gasteiger partial charge in [-0.25, -0.2) is 4.79 Å². The van der Waals surface area contributed by atoms with Crippen LogP contribution in [0, 0.1) is 5.92 Å². The number of amides is 1. The van der Waals surface area contributed by atoms with Crippen molar-refractivity contribution in [3.8, 4) is 0 Å². The Morgan fingerprint density at radius 3 is 2.39 bits per heavy atom. The zero-order chi connectivity index (χ0) is 17.4. The lowest BCUT2D eigenvalue weighted by atomic mass is 10.00. The molecule has 2 unspecified atom stereocenters. The van der Waals surface area contributed by atoms with E-state index in [2.05, 4.69) is 10.1 Å². The maximum absolute atomic E-state index is 12.1. The highest BCUT2D eigenvalue weighted by Crippen LogP contribution is 2.08. The number of nitrogens with two attached hydrogens (primary N) is 1. The smallest absolute Gasteiger partial charge is 0.328 e. The number of methoxy groups -OCH3 is 1. The van der Waals surface area contributed by atoms with Crippen LogP contribution in [0.2, 0.25) is 0 Å². The molecule has 23 heavy (non-hydrogen) atoms. The SMILES string of the molecule is COC(=O)[C@H](CC(C)C)NC(=O)C(O)C(N)Cc1ccccc1. The Labute approximate surface area is 137 Å². The lowest BCUT2D eigenvalue weighted by molar-refractivity contribution is -0.147. The quantitative estimate of drug-likeness (QED) is 0.609. The third-order valence-corrected chi connectivity index (χ3v) is 3.50. The highest BCUT2D eigenvalue weighted by Gasteiger charge is 2.28. The number of aliphatic hydroxyl groups is 1. The van der Waals surface area contributed by atoms with Crippen molar-refractivity contribution in [1.82, 2.24) is 5.32 Å². The maximum Gasteiger partial charge on any atom is 0.328 e. The second-order valence-electron chi connectivity index (χ2n) is 6.01. The van der Waals surface area contributed by atoms with Crippen molar-refractivity contribution in [2.75, 3.05) is 7.11 Å². The first kappa shape index (κ1) is 19.1. The van der Waals surface area contributed by atoms with Gasteiger partial charge in [-0.05, 0) is 24.3 Å². The van der Waals surface area contributed by atoms with Crippen LogP contribution in [0.15, 0.2) is 30.3 Å². The molecule has 0 spiro atoms. The number of esters is 1. The van der Waals surface area contributed by atoms with Crippen LogP contribution in [0.1, 0.15) is 25.8 Å². The van der Waals surface area contributed by atoms with E-state index in [-0.39, 0.29) is 5.92 Å². The van der Waals surface area contributed by atoms with Crippen molar-refractivity contribution in [2.24, 2.45) is 11.7 Å². The number of hydrogen-bond acceptors (Lipinski definition) is 5. The first-order valence-corrected chi connectivity index (χ1v) is 7.71. The number of nitrogens with one attached hydrogen (secondary N) is 1. The van der Waals surface area contributed by atoms with E-state index in [9.17, 15) is 14.7 Å². The minimum atomic E-state index is -1.39. The van der Waals surface area contributed by atoms with Crippen LogP contribution >= 0.6 is 0 Å². The number of carbonyl (C=O) groups is 2. The van der Waals surface area contributed by atoms with E-state index in [0.717, 1.165) is 5.56 Å². The maximum atomic E-state index is 12.1. The molecule has 0 aliphatic carbocycles. The van der Waals surface area contributed by atoms with E-state index in [1.165, 1.54) is 7.11 Å². The van der Waals surface area contributed by atoms with Gasteiger partial charge in [0, 0.05) is 6.04 Å². The molecule has 1 rings (SSSR count). The van der Waals surface area contributed by atoms with Gasteiger partial charge in [-0.15, -0.1) is 0 Å². The van der Waals surface area contributed by atoms with Crippen molar-refractivity contribution in [1.29, 1.82) is 0 Å². The van der Waals surface area contributed by atoms with Crippen LogP contribution in [0.5, 0.6) is 0 Å². The number of rotatable bonds is 8. The molecular formula is C17H26N2O4. The van der Waals surface area contributed by atoms with Crippen LogP contribution < -0.4 is 11.1 Å². The Hall–Kier alpha value is -1.92.